The fourth-order valence-electron chi connectivity index (χ4n) is 2.87. The number of halogens is 3. The highest BCUT2D eigenvalue weighted by Gasteiger charge is 2.32. The lowest BCUT2D eigenvalue weighted by atomic mass is 10.1. The second-order valence-electron chi connectivity index (χ2n) is 6.87. The maximum absolute atomic E-state index is 12.5. The molecule has 0 radical (unpaired) electrons. The Morgan fingerprint density at radius 1 is 1.31 bits per heavy atom. The van der Waals surface area contributed by atoms with Gasteiger partial charge in [0.2, 0.25) is 0 Å². The van der Waals surface area contributed by atoms with Gasteiger partial charge in [-0.2, -0.15) is 5.26 Å². The third-order valence-corrected chi connectivity index (χ3v) is 5.22. The summed E-state index contributed by atoms with van der Waals surface area (Å²) in [6, 6.07) is 8.83. The zero-order chi connectivity index (χ0) is 23.3. The molecule has 1 aromatic carbocycles. The van der Waals surface area contributed by atoms with Crippen LogP contribution in [0.2, 0.25) is 0 Å². The third kappa shape index (κ3) is 6.13. The molecule has 168 valence electrons. The summed E-state index contributed by atoms with van der Waals surface area (Å²) in [6.45, 7) is -0.925. The zero-order valence-electron chi connectivity index (χ0n) is 16.9. The second-order valence-corrected chi connectivity index (χ2v) is 7.67. The number of esters is 1. The molecule has 0 bridgehead atoms. The van der Waals surface area contributed by atoms with E-state index in [9.17, 15) is 28.0 Å². The molecule has 32 heavy (non-hydrogen) atoms. The number of benzene rings is 1. The summed E-state index contributed by atoms with van der Waals surface area (Å²) in [7, 11) is 0. The monoisotopic (exact) mass is 465 g/mol. The number of carbonyl (C=O) groups excluding carboxylic acids is 2. The number of hydrogen-bond acceptors (Lipinski definition) is 7. The first-order valence-electron chi connectivity index (χ1n) is 9.48. The minimum atomic E-state index is -4.87. The summed E-state index contributed by atoms with van der Waals surface area (Å²) in [5.41, 5.74) is 0.908. The van der Waals surface area contributed by atoms with E-state index in [2.05, 4.69) is 15.0 Å². The number of rotatable bonds is 8. The van der Waals surface area contributed by atoms with Crippen molar-refractivity contribution in [3.8, 4) is 11.8 Å². The summed E-state index contributed by atoms with van der Waals surface area (Å²) < 4.78 is 46.4. The van der Waals surface area contributed by atoms with Crippen LogP contribution in [0, 0.1) is 11.3 Å². The lowest BCUT2D eigenvalue weighted by Gasteiger charge is -2.14. The fraction of sp³-hybridized carbons (Fsp3) is 0.333. The molecular weight excluding hydrogens is 447 g/mol. The van der Waals surface area contributed by atoms with Gasteiger partial charge in [-0.05, 0) is 31.2 Å². The van der Waals surface area contributed by atoms with Crippen molar-refractivity contribution in [1.82, 2.24) is 10.3 Å². The number of pyridine rings is 1. The molecule has 0 aliphatic heterocycles. The Morgan fingerprint density at radius 2 is 2.03 bits per heavy atom. The molecule has 1 N–H and O–H groups in total. The molecule has 0 spiro atoms. The van der Waals surface area contributed by atoms with Crippen molar-refractivity contribution in [2.24, 2.45) is 0 Å². The molecule has 1 aliphatic carbocycles. The van der Waals surface area contributed by atoms with Gasteiger partial charge in [-0.1, -0.05) is 18.2 Å². The van der Waals surface area contributed by atoms with Gasteiger partial charge in [-0.25, -0.2) is 9.78 Å². The molecule has 2 aromatic rings. The fourth-order valence-corrected chi connectivity index (χ4v) is 3.43. The van der Waals surface area contributed by atoms with E-state index in [1.54, 1.807) is 6.26 Å². The molecule has 1 saturated carbocycles. The SMILES string of the molecule is CSc1nc(C2CC2)cc(C(=O)OCC(=O)NCc2ccccc2OC(F)(F)F)c1C#N. The maximum Gasteiger partial charge on any atom is 0.573 e. The van der Waals surface area contributed by atoms with E-state index in [4.69, 9.17) is 4.74 Å². The Labute approximate surface area is 185 Å². The van der Waals surface area contributed by atoms with Crippen LogP contribution in [0.4, 0.5) is 13.2 Å². The minimum Gasteiger partial charge on any atom is -0.452 e. The van der Waals surface area contributed by atoms with Crippen molar-refractivity contribution in [2.45, 2.75) is 36.7 Å². The number of hydrogen-bond donors (Lipinski definition) is 1. The van der Waals surface area contributed by atoms with E-state index in [-0.39, 0.29) is 29.2 Å². The van der Waals surface area contributed by atoms with Crippen molar-refractivity contribution in [3.63, 3.8) is 0 Å². The highest BCUT2D eigenvalue weighted by atomic mass is 32.2. The Hall–Kier alpha value is -3.26. The summed E-state index contributed by atoms with van der Waals surface area (Å²) in [5.74, 6) is -1.77. The summed E-state index contributed by atoms with van der Waals surface area (Å²) in [4.78, 5) is 29.0. The third-order valence-electron chi connectivity index (χ3n) is 4.54. The number of carbonyl (C=O) groups is 2. The highest BCUT2D eigenvalue weighted by Crippen LogP contribution is 2.40. The van der Waals surface area contributed by atoms with Crippen LogP contribution in [0.1, 0.15) is 45.9 Å². The molecule has 1 aromatic heterocycles. The summed E-state index contributed by atoms with van der Waals surface area (Å²) >= 11 is 1.23. The number of nitriles is 1. The Bertz CT molecular complexity index is 1070. The van der Waals surface area contributed by atoms with Gasteiger partial charge in [0.05, 0.1) is 11.1 Å². The van der Waals surface area contributed by atoms with E-state index in [1.807, 2.05) is 6.07 Å². The summed E-state index contributed by atoms with van der Waals surface area (Å²) in [5, 5.41) is 12.2. The molecule has 7 nitrogen and oxygen atoms in total. The number of aromatic nitrogens is 1. The average molecular weight is 465 g/mol. The van der Waals surface area contributed by atoms with Crippen LogP contribution >= 0.6 is 11.8 Å². The number of amides is 1. The molecule has 0 saturated heterocycles. The molecular formula is C21H18F3N3O4S. The zero-order valence-corrected chi connectivity index (χ0v) is 17.7. The lowest BCUT2D eigenvalue weighted by Crippen LogP contribution is -2.29. The van der Waals surface area contributed by atoms with Gasteiger partial charge in [-0.3, -0.25) is 4.79 Å². The van der Waals surface area contributed by atoms with Crippen LogP contribution in [0.25, 0.3) is 0 Å². The van der Waals surface area contributed by atoms with Crippen LogP contribution in [0.15, 0.2) is 35.4 Å². The van der Waals surface area contributed by atoms with Gasteiger partial charge >= 0.3 is 12.3 Å². The van der Waals surface area contributed by atoms with E-state index in [0.29, 0.717) is 10.7 Å². The van der Waals surface area contributed by atoms with Gasteiger partial charge in [0.1, 0.15) is 16.8 Å². The average Bonchev–Trinajstić information content (AvgIpc) is 3.60. The minimum absolute atomic E-state index is 0.0328. The van der Waals surface area contributed by atoms with E-state index in [1.165, 1.54) is 36.0 Å². The lowest BCUT2D eigenvalue weighted by molar-refractivity contribution is -0.274. The first-order chi connectivity index (χ1) is 15.2. The highest BCUT2D eigenvalue weighted by molar-refractivity contribution is 7.98. The van der Waals surface area contributed by atoms with Crippen molar-refractivity contribution >= 4 is 23.6 Å². The van der Waals surface area contributed by atoms with Crippen LogP contribution in [0.3, 0.4) is 0 Å². The first kappa shape index (κ1) is 23.4. The smallest absolute Gasteiger partial charge is 0.452 e. The number of nitrogens with zero attached hydrogens (tertiary/aromatic N) is 2. The largest absolute Gasteiger partial charge is 0.573 e. The molecule has 1 fully saturated rings. The quantitative estimate of drug-likeness (QED) is 0.466. The molecule has 0 unspecified atom stereocenters. The van der Waals surface area contributed by atoms with Crippen molar-refractivity contribution in [3.05, 3.63) is 52.7 Å². The van der Waals surface area contributed by atoms with Crippen molar-refractivity contribution in [1.29, 1.82) is 5.26 Å². The topological polar surface area (TPSA) is 101 Å². The maximum atomic E-state index is 12.5. The standard InChI is InChI=1S/C21H18F3N3O4S/c1-32-19-15(9-25)14(8-16(27-19)12-6-7-12)20(29)30-11-18(28)26-10-13-4-2-3-5-17(13)31-21(22,23)24/h2-5,8,12H,6-7,10-11H2,1H3,(H,26,28). The predicted molar refractivity (Wildman–Crippen MR) is 108 cm³/mol. The molecule has 1 aliphatic rings. The van der Waals surface area contributed by atoms with Crippen molar-refractivity contribution < 1.29 is 32.2 Å². The predicted octanol–water partition coefficient (Wildman–Crippen LogP) is 3.92. The molecule has 1 heterocycles. The van der Waals surface area contributed by atoms with E-state index < -0.39 is 30.6 Å². The van der Waals surface area contributed by atoms with Crippen LogP contribution < -0.4 is 10.1 Å². The summed E-state index contributed by atoms with van der Waals surface area (Å²) in [6.07, 6.45) is -1.23. The van der Waals surface area contributed by atoms with Crippen LogP contribution in [-0.4, -0.2) is 36.1 Å². The Morgan fingerprint density at radius 3 is 2.66 bits per heavy atom. The molecule has 11 heteroatoms. The van der Waals surface area contributed by atoms with Gasteiger partial charge in [-0.15, -0.1) is 24.9 Å². The molecule has 1 amide bonds. The van der Waals surface area contributed by atoms with E-state index in [0.717, 1.165) is 18.9 Å². The number of nitrogens with one attached hydrogen (secondary N) is 1. The second kappa shape index (κ2) is 9.91. The van der Waals surface area contributed by atoms with Crippen molar-refractivity contribution in [2.75, 3.05) is 12.9 Å². The van der Waals surface area contributed by atoms with Crippen LogP contribution in [0.5, 0.6) is 5.75 Å². The number of para-hydroxylation sites is 1. The number of ether oxygens (including phenoxy) is 2. The van der Waals surface area contributed by atoms with Crippen LogP contribution in [-0.2, 0) is 16.1 Å². The number of alkyl halides is 3. The van der Waals surface area contributed by atoms with Gasteiger partial charge in [0, 0.05) is 23.7 Å². The Balaban J connectivity index is 1.62. The van der Waals surface area contributed by atoms with Gasteiger partial charge in [0.15, 0.2) is 6.61 Å². The van der Waals surface area contributed by atoms with Gasteiger partial charge in [0.25, 0.3) is 5.91 Å². The molecule has 0 atom stereocenters. The van der Waals surface area contributed by atoms with Gasteiger partial charge < -0.3 is 14.8 Å². The Kier molecular flexibility index (Phi) is 7.25. The molecule has 3 rings (SSSR count). The number of thioether (sulfide) groups is 1. The normalized spacial score (nSPS) is 13.2. The first-order valence-corrected chi connectivity index (χ1v) is 10.7. The van der Waals surface area contributed by atoms with E-state index >= 15 is 0 Å².